The molecular formula is C16H19Cl2N3O2. The van der Waals surface area contributed by atoms with E-state index in [2.05, 4.69) is 10.5 Å². The van der Waals surface area contributed by atoms with Crippen LogP contribution in [0.3, 0.4) is 0 Å². The molecule has 0 spiro atoms. The van der Waals surface area contributed by atoms with Gasteiger partial charge in [-0.2, -0.15) is 0 Å². The van der Waals surface area contributed by atoms with Crippen molar-refractivity contribution in [3.63, 3.8) is 0 Å². The van der Waals surface area contributed by atoms with Gasteiger partial charge >= 0.3 is 6.03 Å². The molecule has 0 aliphatic rings. The van der Waals surface area contributed by atoms with Crippen molar-refractivity contribution in [1.82, 2.24) is 15.4 Å². The van der Waals surface area contributed by atoms with Crippen LogP contribution >= 0.6 is 23.2 Å². The number of rotatable bonds is 5. The van der Waals surface area contributed by atoms with Gasteiger partial charge in [-0.1, -0.05) is 34.4 Å². The van der Waals surface area contributed by atoms with Gasteiger partial charge < -0.3 is 14.7 Å². The van der Waals surface area contributed by atoms with Crippen LogP contribution in [0.4, 0.5) is 4.79 Å². The molecule has 1 heterocycles. The highest BCUT2D eigenvalue weighted by molar-refractivity contribution is 6.35. The quantitative estimate of drug-likeness (QED) is 0.882. The molecule has 0 atom stereocenters. The normalized spacial score (nSPS) is 10.7. The maximum Gasteiger partial charge on any atom is 0.317 e. The number of hydrogen-bond acceptors (Lipinski definition) is 3. The first kappa shape index (κ1) is 17.6. The van der Waals surface area contributed by atoms with Gasteiger partial charge in [-0.25, -0.2) is 4.79 Å². The van der Waals surface area contributed by atoms with Crippen molar-refractivity contribution in [2.24, 2.45) is 0 Å². The van der Waals surface area contributed by atoms with Crippen LogP contribution in [0.5, 0.6) is 0 Å². The largest absolute Gasteiger partial charge is 0.361 e. The van der Waals surface area contributed by atoms with Gasteiger partial charge in [0.05, 0.1) is 12.2 Å². The summed E-state index contributed by atoms with van der Waals surface area (Å²) >= 11 is 12.2. The van der Waals surface area contributed by atoms with E-state index in [0.29, 0.717) is 29.6 Å². The molecule has 2 aromatic rings. The maximum atomic E-state index is 12.1. The number of benzene rings is 1. The van der Waals surface area contributed by atoms with E-state index in [1.165, 1.54) is 0 Å². The highest BCUT2D eigenvalue weighted by atomic mass is 35.5. The molecule has 0 unspecified atom stereocenters. The van der Waals surface area contributed by atoms with Crippen LogP contribution < -0.4 is 5.32 Å². The topological polar surface area (TPSA) is 58.4 Å². The predicted octanol–water partition coefficient (Wildman–Crippen LogP) is 3.98. The van der Waals surface area contributed by atoms with Crippen LogP contribution in [0.15, 0.2) is 22.7 Å². The van der Waals surface area contributed by atoms with Crippen molar-refractivity contribution in [2.45, 2.75) is 26.8 Å². The second-order valence-corrected chi connectivity index (χ2v) is 6.16. The van der Waals surface area contributed by atoms with Gasteiger partial charge in [0.25, 0.3) is 0 Å². The van der Waals surface area contributed by atoms with Crippen LogP contribution in [-0.2, 0) is 13.0 Å². The molecule has 23 heavy (non-hydrogen) atoms. The minimum atomic E-state index is -0.173. The lowest BCUT2D eigenvalue weighted by atomic mass is 10.1. The fourth-order valence-electron chi connectivity index (χ4n) is 2.24. The summed E-state index contributed by atoms with van der Waals surface area (Å²) in [4.78, 5) is 13.7. The lowest BCUT2D eigenvalue weighted by Gasteiger charge is -2.18. The third-order valence-electron chi connectivity index (χ3n) is 3.64. The van der Waals surface area contributed by atoms with Gasteiger partial charge in [0.2, 0.25) is 0 Å². The molecule has 124 valence electrons. The van der Waals surface area contributed by atoms with E-state index in [1.54, 1.807) is 30.1 Å². The lowest BCUT2D eigenvalue weighted by molar-refractivity contribution is 0.207. The average Bonchev–Trinajstić information content (AvgIpc) is 2.81. The zero-order valence-electron chi connectivity index (χ0n) is 13.3. The van der Waals surface area contributed by atoms with Gasteiger partial charge in [-0.05, 0) is 38.0 Å². The molecule has 1 N–H and O–H groups in total. The first-order valence-electron chi connectivity index (χ1n) is 7.23. The summed E-state index contributed by atoms with van der Waals surface area (Å²) in [6, 6.07) is 5.19. The molecule has 0 saturated carbocycles. The average molecular weight is 356 g/mol. The fourth-order valence-corrected chi connectivity index (χ4v) is 2.82. The molecule has 0 saturated heterocycles. The number of aromatic nitrogens is 1. The van der Waals surface area contributed by atoms with Gasteiger partial charge in [0, 0.05) is 29.2 Å². The Morgan fingerprint density at radius 1 is 1.26 bits per heavy atom. The molecule has 1 aromatic carbocycles. The molecule has 1 aromatic heterocycles. The SMILES string of the molecule is Cc1noc(C)c1CN(C)C(=O)NCCc1c(Cl)cccc1Cl. The highest BCUT2D eigenvalue weighted by Gasteiger charge is 2.15. The number of amides is 2. The summed E-state index contributed by atoms with van der Waals surface area (Å²) in [5.41, 5.74) is 2.56. The summed E-state index contributed by atoms with van der Waals surface area (Å²) in [6.07, 6.45) is 0.573. The smallest absolute Gasteiger partial charge is 0.317 e. The second-order valence-electron chi connectivity index (χ2n) is 5.34. The Labute approximate surface area is 145 Å². The summed E-state index contributed by atoms with van der Waals surface area (Å²) < 4.78 is 5.10. The van der Waals surface area contributed by atoms with Crippen molar-refractivity contribution >= 4 is 29.2 Å². The molecule has 0 aliphatic heterocycles. The molecule has 5 nitrogen and oxygen atoms in total. The number of nitrogens with zero attached hydrogens (tertiary/aromatic N) is 2. The Kier molecular flexibility index (Phi) is 5.91. The summed E-state index contributed by atoms with van der Waals surface area (Å²) in [6.45, 7) is 4.59. The van der Waals surface area contributed by atoms with Crippen molar-refractivity contribution in [1.29, 1.82) is 0 Å². The summed E-state index contributed by atoms with van der Waals surface area (Å²) in [5.74, 6) is 0.727. The first-order valence-corrected chi connectivity index (χ1v) is 7.99. The number of aryl methyl sites for hydroxylation is 2. The van der Waals surface area contributed by atoms with Crippen molar-refractivity contribution in [3.05, 3.63) is 50.8 Å². The van der Waals surface area contributed by atoms with E-state index < -0.39 is 0 Å². The fraction of sp³-hybridized carbons (Fsp3) is 0.375. The Bertz CT molecular complexity index is 661. The molecule has 2 amide bonds. The number of carbonyl (C=O) groups is 1. The molecule has 0 bridgehead atoms. The lowest BCUT2D eigenvalue weighted by Crippen LogP contribution is -2.38. The van der Waals surface area contributed by atoms with Crippen molar-refractivity contribution < 1.29 is 9.32 Å². The van der Waals surface area contributed by atoms with E-state index >= 15 is 0 Å². The minimum Gasteiger partial charge on any atom is -0.361 e. The van der Waals surface area contributed by atoms with Crippen LogP contribution in [0, 0.1) is 13.8 Å². The monoisotopic (exact) mass is 355 g/mol. The van der Waals surface area contributed by atoms with Crippen LogP contribution in [0.1, 0.15) is 22.6 Å². The van der Waals surface area contributed by atoms with Gasteiger partial charge in [0.1, 0.15) is 5.76 Å². The Morgan fingerprint density at radius 2 is 1.91 bits per heavy atom. The number of carbonyl (C=O) groups excluding carboxylic acids is 1. The summed E-state index contributed by atoms with van der Waals surface area (Å²) in [5, 5.41) is 7.96. The number of hydrogen-bond donors (Lipinski definition) is 1. The van der Waals surface area contributed by atoms with E-state index in [0.717, 1.165) is 22.6 Å². The van der Waals surface area contributed by atoms with Crippen LogP contribution in [0.25, 0.3) is 0 Å². The Balaban J connectivity index is 1.87. The first-order chi connectivity index (χ1) is 10.9. The van der Waals surface area contributed by atoms with Crippen LogP contribution in [0.2, 0.25) is 10.0 Å². The molecule has 2 rings (SSSR count). The zero-order valence-corrected chi connectivity index (χ0v) is 14.8. The van der Waals surface area contributed by atoms with Crippen LogP contribution in [-0.4, -0.2) is 29.7 Å². The predicted molar refractivity (Wildman–Crippen MR) is 91.0 cm³/mol. The molecular weight excluding hydrogens is 337 g/mol. The van der Waals surface area contributed by atoms with Crippen molar-refractivity contribution in [3.8, 4) is 0 Å². The summed E-state index contributed by atoms with van der Waals surface area (Å²) in [7, 11) is 1.73. The highest BCUT2D eigenvalue weighted by Crippen LogP contribution is 2.24. The van der Waals surface area contributed by atoms with E-state index in [-0.39, 0.29) is 6.03 Å². The molecule has 0 radical (unpaired) electrons. The maximum absolute atomic E-state index is 12.1. The van der Waals surface area contributed by atoms with Crippen molar-refractivity contribution in [2.75, 3.05) is 13.6 Å². The molecule has 0 fully saturated rings. The number of halogens is 2. The Morgan fingerprint density at radius 3 is 2.48 bits per heavy atom. The third-order valence-corrected chi connectivity index (χ3v) is 4.34. The van der Waals surface area contributed by atoms with E-state index in [1.807, 2.05) is 13.8 Å². The third kappa shape index (κ3) is 4.39. The minimum absolute atomic E-state index is 0.173. The van der Waals surface area contributed by atoms with Gasteiger partial charge in [0.15, 0.2) is 0 Å². The van der Waals surface area contributed by atoms with Gasteiger partial charge in [-0.15, -0.1) is 0 Å². The number of nitrogens with one attached hydrogen (secondary N) is 1. The number of urea groups is 1. The zero-order chi connectivity index (χ0) is 17.0. The standard InChI is InChI=1S/C16H19Cl2N3O2/c1-10-13(11(2)23-20-10)9-21(3)16(22)19-8-7-12-14(17)5-4-6-15(12)18/h4-6H,7-9H2,1-3H3,(H,19,22). The molecule has 7 heteroatoms. The second kappa shape index (κ2) is 7.70. The van der Waals surface area contributed by atoms with Gasteiger partial charge in [-0.3, -0.25) is 0 Å². The Hall–Kier alpha value is -1.72. The van der Waals surface area contributed by atoms with E-state index in [4.69, 9.17) is 27.7 Å². The van der Waals surface area contributed by atoms with E-state index in [9.17, 15) is 4.79 Å². The molecule has 0 aliphatic carbocycles.